The van der Waals surface area contributed by atoms with Gasteiger partial charge in [0.2, 0.25) is 5.91 Å². The zero-order chi connectivity index (χ0) is 12.4. The first-order valence-electron chi connectivity index (χ1n) is 4.73. The molecule has 0 aromatic heterocycles. The van der Waals surface area contributed by atoms with E-state index in [0.717, 1.165) is 11.8 Å². The van der Waals surface area contributed by atoms with Crippen LogP contribution in [0.4, 0.5) is 13.2 Å². The van der Waals surface area contributed by atoms with Crippen LogP contribution in [0.25, 0.3) is 0 Å². The van der Waals surface area contributed by atoms with Crippen molar-refractivity contribution in [3.05, 3.63) is 0 Å². The molecule has 0 aliphatic heterocycles. The third kappa shape index (κ3) is 3.70. The number of halogens is 3. The van der Waals surface area contributed by atoms with Gasteiger partial charge in [0.05, 0.1) is 6.04 Å². The molecule has 0 aliphatic rings. The van der Waals surface area contributed by atoms with Gasteiger partial charge in [-0.05, 0) is 27.7 Å². The van der Waals surface area contributed by atoms with Crippen LogP contribution >= 0.6 is 0 Å². The Morgan fingerprint density at radius 2 is 1.60 bits per heavy atom. The first-order chi connectivity index (χ1) is 6.59. The quantitative estimate of drug-likeness (QED) is 0.793. The summed E-state index contributed by atoms with van der Waals surface area (Å²) in [7, 11) is 0. The van der Waals surface area contributed by atoms with Crippen LogP contribution < -0.4 is 5.73 Å². The van der Waals surface area contributed by atoms with E-state index < -0.39 is 30.2 Å². The minimum absolute atomic E-state index is 0.528. The zero-order valence-corrected chi connectivity index (χ0v) is 9.30. The molecule has 0 heterocycles. The minimum Gasteiger partial charge on any atom is -0.327 e. The van der Waals surface area contributed by atoms with E-state index in [0.29, 0.717) is 0 Å². The first-order valence-corrected chi connectivity index (χ1v) is 4.73. The Kier molecular flexibility index (Phi) is 4.58. The number of nitrogens with two attached hydrogens (primary N) is 1. The number of carbonyl (C=O) groups is 1. The van der Waals surface area contributed by atoms with Gasteiger partial charge in [-0.25, -0.2) is 0 Å². The number of alkyl halides is 3. The smallest absolute Gasteiger partial charge is 0.327 e. The molecule has 15 heavy (non-hydrogen) atoms. The molecule has 0 aromatic rings. The van der Waals surface area contributed by atoms with E-state index in [9.17, 15) is 18.0 Å². The van der Waals surface area contributed by atoms with Crippen molar-refractivity contribution in [1.82, 2.24) is 4.90 Å². The fraction of sp³-hybridized carbons (Fsp3) is 0.889. The van der Waals surface area contributed by atoms with Crippen molar-refractivity contribution in [1.29, 1.82) is 0 Å². The summed E-state index contributed by atoms with van der Waals surface area (Å²) in [4.78, 5) is 12.2. The molecule has 0 saturated carbocycles. The van der Waals surface area contributed by atoms with Gasteiger partial charge in [0.15, 0.2) is 0 Å². The monoisotopic (exact) mass is 226 g/mol. The number of rotatable bonds is 3. The Morgan fingerprint density at radius 1 is 1.20 bits per heavy atom. The van der Waals surface area contributed by atoms with Crippen molar-refractivity contribution in [3.63, 3.8) is 0 Å². The van der Waals surface area contributed by atoms with Crippen LogP contribution in [0, 0.1) is 0 Å². The van der Waals surface area contributed by atoms with Crippen LogP contribution in [0.15, 0.2) is 0 Å². The van der Waals surface area contributed by atoms with Gasteiger partial charge in [0.1, 0.15) is 6.04 Å². The summed E-state index contributed by atoms with van der Waals surface area (Å²) < 4.78 is 37.3. The van der Waals surface area contributed by atoms with E-state index in [1.807, 2.05) is 0 Å². The molecule has 0 aromatic carbocycles. The summed E-state index contributed by atoms with van der Waals surface area (Å²) in [6.07, 6.45) is -4.42. The summed E-state index contributed by atoms with van der Waals surface area (Å²) in [5.74, 6) is -0.685. The SMILES string of the molecule is CC(N)C(=O)N(C(C)C)C(C)C(F)(F)F. The summed E-state index contributed by atoms with van der Waals surface area (Å²) in [5, 5.41) is 0. The summed E-state index contributed by atoms with van der Waals surface area (Å²) in [6, 6.07) is -3.26. The average Bonchev–Trinajstić information content (AvgIpc) is 2.01. The number of hydrogen-bond donors (Lipinski definition) is 1. The molecule has 0 saturated heterocycles. The second-order valence-electron chi connectivity index (χ2n) is 3.85. The normalized spacial score (nSPS) is 16.3. The molecule has 6 heteroatoms. The Morgan fingerprint density at radius 3 is 1.80 bits per heavy atom. The number of nitrogens with zero attached hydrogens (tertiary/aromatic N) is 1. The number of amides is 1. The molecule has 2 unspecified atom stereocenters. The largest absolute Gasteiger partial charge is 0.408 e. The van der Waals surface area contributed by atoms with E-state index >= 15 is 0 Å². The average molecular weight is 226 g/mol. The molecule has 0 spiro atoms. The summed E-state index contributed by atoms with van der Waals surface area (Å²) >= 11 is 0. The maximum absolute atomic E-state index is 12.4. The summed E-state index contributed by atoms with van der Waals surface area (Å²) in [5.41, 5.74) is 5.30. The zero-order valence-electron chi connectivity index (χ0n) is 9.30. The fourth-order valence-corrected chi connectivity index (χ4v) is 1.29. The highest BCUT2D eigenvalue weighted by molar-refractivity contribution is 5.81. The molecule has 90 valence electrons. The predicted octanol–water partition coefficient (Wildman–Crippen LogP) is 1.52. The summed E-state index contributed by atoms with van der Waals surface area (Å²) in [6.45, 7) is 5.39. The fourth-order valence-electron chi connectivity index (χ4n) is 1.29. The maximum Gasteiger partial charge on any atom is 0.408 e. The lowest BCUT2D eigenvalue weighted by atomic mass is 10.1. The molecule has 1 amide bonds. The van der Waals surface area contributed by atoms with Crippen LogP contribution in [0.3, 0.4) is 0 Å². The molecular weight excluding hydrogens is 209 g/mol. The highest BCUT2D eigenvalue weighted by Gasteiger charge is 2.43. The molecule has 0 fully saturated rings. The molecule has 2 N–H and O–H groups in total. The Bertz CT molecular complexity index is 226. The van der Waals surface area contributed by atoms with E-state index in [4.69, 9.17) is 5.73 Å². The van der Waals surface area contributed by atoms with Gasteiger partial charge in [-0.1, -0.05) is 0 Å². The van der Waals surface area contributed by atoms with Gasteiger partial charge in [-0.3, -0.25) is 4.79 Å². The van der Waals surface area contributed by atoms with Crippen molar-refractivity contribution in [2.24, 2.45) is 5.73 Å². The van der Waals surface area contributed by atoms with Crippen molar-refractivity contribution in [2.45, 2.75) is 52.0 Å². The molecule has 0 aliphatic carbocycles. The van der Waals surface area contributed by atoms with Crippen molar-refractivity contribution >= 4 is 5.91 Å². The van der Waals surface area contributed by atoms with Gasteiger partial charge in [0.25, 0.3) is 0 Å². The van der Waals surface area contributed by atoms with E-state index in [2.05, 4.69) is 0 Å². The topological polar surface area (TPSA) is 46.3 Å². The highest BCUT2D eigenvalue weighted by atomic mass is 19.4. The maximum atomic E-state index is 12.4. The Hall–Kier alpha value is -0.780. The minimum atomic E-state index is -4.42. The molecule has 3 nitrogen and oxygen atoms in total. The lowest BCUT2D eigenvalue weighted by molar-refractivity contribution is -0.190. The Balaban J connectivity index is 4.91. The number of carbonyl (C=O) groups excluding carboxylic acids is 1. The Labute approximate surface area is 87.4 Å². The molecule has 0 rings (SSSR count). The second kappa shape index (κ2) is 4.83. The van der Waals surface area contributed by atoms with Crippen LogP contribution in [-0.2, 0) is 4.79 Å². The standard InChI is InChI=1S/C9H17F3N2O/c1-5(2)14(8(15)6(3)13)7(4)9(10,11)12/h5-7H,13H2,1-4H3. The number of hydrogen-bond acceptors (Lipinski definition) is 2. The second-order valence-corrected chi connectivity index (χ2v) is 3.85. The third-order valence-corrected chi connectivity index (χ3v) is 2.09. The molecule has 0 radical (unpaired) electrons. The molecule has 2 atom stereocenters. The van der Waals surface area contributed by atoms with E-state index in [-0.39, 0.29) is 0 Å². The van der Waals surface area contributed by atoms with Crippen LogP contribution in [0.2, 0.25) is 0 Å². The van der Waals surface area contributed by atoms with E-state index in [1.54, 1.807) is 0 Å². The van der Waals surface area contributed by atoms with Crippen LogP contribution in [0.1, 0.15) is 27.7 Å². The van der Waals surface area contributed by atoms with Crippen LogP contribution in [0.5, 0.6) is 0 Å². The lowest BCUT2D eigenvalue weighted by Gasteiger charge is -2.35. The first kappa shape index (κ1) is 14.2. The molecule has 0 bridgehead atoms. The highest BCUT2D eigenvalue weighted by Crippen LogP contribution is 2.26. The van der Waals surface area contributed by atoms with Gasteiger partial charge in [-0.15, -0.1) is 0 Å². The van der Waals surface area contributed by atoms with Crippen LogP contribution in [-0.4, -0.2) is 35.1 Å². The van der Waals surface area contributed by atoms with Gasteiger partial charge in [0, 0.05) is 6.04 Å². The van der Waals surface area contributed by atoms with Gasteiger partial charge in [-0.2, -0.15) is 13.2 Å². The predicted molar refractivity (Wildman–Crippen MR) is 51.1 cm³/mol. The van der Waals surface area contributed by atoms with Crippen molar-refractivity contribution in [3.8, 4) is 0 Å². The van der Waals surface area contributed by atoms with Gasteiger partial charge >= 0.3 is 6.18 Å². The van der Waals surface area contributed by atoms with E-state index in [1.165, 1.54) is 20.8 Å². The molecular formula is C9H17F3N2O. The van der Waals surface area contributed by atoms with Crippen molar-refractivity contribution < 1.29 is 18.0 Å². The van der Waals surface area contributed by atoms with Crippen molar-refractivity contribution in [2.75, 3.05) is 0 Å². The van der Waals surface area contributed by atoms with Gasteiger partial charge < -0.3 is 10.6 Å². The third-order valence-electron chi connectivity index (χ3n) is 2.09. The lowest BCUT2D eigenvalue weighted by Crippen LogP contribution is -2.54.